The molecule has 98 valence electrons. The van der Waals surface area contributed by atoms with E-state index in [9.17, 15) is 4.79 Å². The van der Waals surface area contributed by atoms with Gasteiger partial charge in [0.1, 0.15) is 0 Å². The van der Waals surface area contributed by atoms with Crippen LogP contribution in [-0.4, -0.2) is 26.0 Å². The van der Waals surface area contributed by atoms with Crippen LogP contribution >= 0.6 is 0 Å². The van der Waals surface area contributed by atoms with Crippen molar-refractivity contribution in [2.75, 3.05) is 25.0 Å². The van der Waals surface area contributed by atoms with Crippen LogP contribution in [0.1, 0.15) is 24.8 Å². The summed E-state index contributed by atoms with van der Waals surface area (Å²) in [5.41, 5.74) is 2.18. The van der Waals surface area contributed by atoms with E-state index in [0.29, 0.717) is 12.3 Å². The van der Waals surface area contributed by atoms with Gasteiger partial charge >= 0.3 is 0 Å². The lowest BCUT2D eigenvalue weighted by Crippen LogP contribution is -2.33. The Labute approximate surface area is 109 Å². The molecule has 0 saturated carbocycles. The van der Waals surface area contributed by atoms with Crippen LogP contribution in [0.25, 0.3) is 0 Å². The number of benzene rings is 1. The molecule has 1 N–H and O–H groups in total. The standard InChI is InChI=1S/C15H22N2O/c1-12-4-3-5-14(10-12)17(2)15(18)11-13-6-8-16-9-7-13/h3-5,10,13,16H,6-9,11H2,1-2H3. The summed E-state index contributed by atoms with van der Waals surface area (Å²) >= 11 is 0. The number of nitrogens with one attached hydrogen (secondary N) is 1. The molecule has 1 heterocycles. The van der Waals surface area contributed by atoms with E-state index < -0.39 is 0 Å². The van der Waals surface area contributed by atoms with Crippen LogP contribution in [0.2, 0.25) is 0 Å². The van der Waals surface area contributed by atoms with Gasteiger partial charge in [0.15, 0.2) is 0 Å². The van der Waals surface area contributed by atoms with E-state index in [1.165, 1.54) is 5.56 Å². The topological polar surface area (TPSA) is 32.3 Å². The molecule has 0 atom stereocenters. The third-order valence-electron chi connectivity index (χ3n) is 3.69. The first-order chi connectivity index (χ1) is 8.66. The molecule has 1 saturated heterocycles. The van der Waals surface area contributed by atoms with E-state index in [2.05, 4.69) is 24.4 Å². The lowest BCUT2D eigenvalue weighted by molar-refractivity contribution is -0.119. The quantitative estimate of drug-likeness (QED) is 0.888. The van der Waals surface area contributed by atoms with Crippen molar-refractivity contribution in [3.05, 3.63) is 29.8 Å². The monoisotopic (exact) mass is 246 g/mol. The number of nitrogens with zero attached hydrogens (tertiary/aromatic N) is 1. The van der Waals surface area contributed by atoms with E-state index in [1.807, 2.05) is 19.2 Å². The molecule has 1 amide bonds. The maximum Gasteiger partial charge on any atom is 0.226 e. The van der Waals surface area contributed by atoms with Crippen LogP contribution < -0.4 is 10.2 Å². The van der Waals surface area contributed by atoms with E-state index >= 15 is 0 Å². The highest BCUT2D eigenvalue weighted by Gasteiger charge is 2.19. The van der Waals surface area contributed by atoms with Gasteiger partial charge in [0.25, 0.3) is 0 Å². The van der Waals surface area contributed by atoms with Crippen LogP contribution in [0.4, 0.5) is 5.69 Å². The highest BCUT2D eigenvalue weighted by Crippen LogP contribution is 2.20. The van der Waals surface area contributed by atoms with Gasteiger partial charge < -0.3 is 10.2 Å². The minimum atomic E-state index is 0.229. The van der Waals surface area contributed by atoms with Crippen molar-refractivity contribution in [2.24, 2.45) is 5.92 Å². The lowest BCUT2D eigenvalue weighted by Gasteiger charge is -2.25. The largest absolute Gasteiger partial charge is 0.317 e. The number of carbonyl (C=O) groups is 1. The van der Waals surface area contributed by atoms with Crippen LogP contribution in [0, 0.1) is 12.8 Å². The minimum Gasteiger partial charge on any atom is -0.317 e. The Hall–Kier alpha value is -1.35. The number of hydrogen-bond donors (Lipinski definition) is 1. The Balaban J connectivity index is 1.95. The smallest absolute Gasteiger partial charge is 0.226 e. The van der Waals surface area contributed by atoms with Gasteiger partial charge in [0.2, 0.25) is 5.91 Å². The number of aryl methyl sites for hydroxylation is 1. The fourth-order valence-electron chi connectivity index (χ4n) is 2.45. The molecule has 3 nitrogen and oxygen atoms in total. The van der Waals surface area contributed by atoms with Crippen molar-refractivity contribution in [1.82, 2.24) is 5.32 Å². The van der Waals surface area contributed by atoms with Crippen molar-refractivity contribution >= 4 is 11.6 Å². The second-order valence-electron chi connectivity index (χ2n) is 5.19. The Morgan fingerprint density at radius 2 is 2.11 bits per heavy atom. The minimum absolute atomic E-state index is 0.229. The van der Waals surface area contributed by atoms with Crippen molar-refractivity contribution in [3.8, 4) is 0 Å². The molecule has 0 radical (unpaired) electrons. The summed E-state index contributed by atoms with van der Waals surface area (Å²) in [5.74, 6) is 0.776. The first kappa shape index (κ1) is 13.1. The first-order valence-corrected chi connectivity index (χ1v) is 6.71. The molecule has 0 bridgehead atoms. The van der Waals surface area contributed by atoms with E-state index in [4.69, 9.17) is 0 Å². The van der Waals surface area contributed by atoms with Gasteiger partial charge in [0.05, 0.1) is 0 Å². The second kappa shape index (κ2) is 6.01. The van der Waals surface area contributed by atoms with Gasteiger partial charge in [0, 0.05) is 19.2 Å². The summed E-state index contributed by atoms with van der Waals surface area (Å²) in [7, 11) is 1.87. The number of rotatable bonds is 3. The van der Waals surface area contributed by atoms with Crippen LogP contribution in [-0.2, 0) is 4.79 Å². The third-order valence-corrected chi connectivity index (χ3v) is 3.69. The molecule has 0 aromatic heterocycles. The van der Waals surface area contributed by atoms with Crippen LogP contribution in [0.15, 0.2) is 24.3 Å². The molecule has 1 aromatic rings. The Bertz CT molecular complexity index is 411. The molecule has 2 rings (SSSR count). The van der Waals surface area contributed by atoms with Crippen LogP contribution in [0.3, 0.4) is 0 Å². The molecule has 1 aliphatic rings. The number of amides is 1. The fourth-order valence-corrected chi connectivity index (χ4v) is 2.45. The summed E-state index contributed by atoms with van der Waals surface area (Å²) < 4.78 is 0. The number of anilines is 1. The molecule has 1 aliphatic heterocycles. The molecule has 18 heavy (non-hydrogen) atoms. The SMILES string of the molecule is Cc1cccc(N(C)C(=O)CC2CCNCC2)c1. The van der Waals surface area contributed by atoms with Gasteiger partial charge in [-0.3, -0.25) is 4.79 Å². The summed E-state index contributed by atoms with van der Waals surface area (Å²) in [4.78, 5) is 14.0. The molecular weight excluding hydrogens is 224 g/mol. The highest BCUT2D eigenvalue weighted by molar-refractivity contribution is 5.93. The van der Waals surface area contributed by atoms with Gasteiger partial charge in [-0.1, -0.05) is 12.1 Å². The van der Waals surface area contributed by atoms with Gasteiger partial charge in [-0.15, -0.1) is 0 Å². The van der Waals surface area contributed by atoms with Crippen molar-refractivity contribution in [3.63, 3.8) is 0 Å². The highest BCUT2D eigenvalue weighted by atomic mass is 16.2. The lowest BCUT2D eigenvalue weighted by atomic mass is 9.94. The number of hydrogen-bond acceptors (Lipinski definition) is 2. The van der Waals surface area contributed by atoms with Crippen LogP contribution in [0.5, 0.6) is 0 Å². The molecule has 1 fully saturated rings. The van der Waals surface area contributed by atoms with E-state index in [-0.39, 0.29) is 5.91 Å². The summed E-state index contributed by atoms with van der Waals surface area (Å²) in [6, 6.07) is 8.10. The van der Waals surface area contributed by atoms with Crippen molar-refractivity contribution < 1.29 is 4.79 Å². The average molecular weight is 246 g/mol. The first-order valence-electron chi connectivity index (χ1n) is 6.71. The predicted molar refractivity (Wildman–Crippen MR) is 74.8 cm³/mol. The molecule has 0 spiro atoms. The van der Waals surface area contributed by atoms with E-state index in [0.717, 1.165) is 31.6 Å². The fraction of sp³-hybridized carbons (Fsp3) is 0.533. The molecule has 1 aromatic carbocycles. The average Bonchev–Trinajstić information content (AvgIpc) is 2.39. The zero-order valence-corrected chi connectivity index (χ0v) is 11.3. The maximum atomic E-state index is 12.2. The van der Waals surface area contributed by atoms with E-state index in [1.54, 1.807) is 4.90 Å². The summed E-state index contributed by atoms with van der Waals surface area (Å²) in [6.07, 6.45) is 2.91. The zero-order chi connectivity index (χ0) is 13.0. The Morgan fingerprint density at radius 1 is 1.39 bits per heavy atom. The van der Waals surface area contributed by atoms with Crippen molar-refractivity contribution in [2.45, 2.75) is 26.2 Å². The molecule has 3 heteroatoms. The normalized spacial score (nSPS) is 16.6. The second-order valence-corrected chi connectivity index (χ2v) is 5.19. The maximum absolute atomic E-state index is 12.2. The Morgan fingerprint density at radius 3 is 2.78 bits per heavy atom. The molecule has 0 unspecified atom stereocenters. The number of piperidine rings is 1. The molecule has 0 aliphatic carbocycles. The third kappa shape index (κ3) is 3.33. The van der Waals surface area contributed by atoms with Gasteiger partial charge in [-0.2, -0.15) is 0 Å². The van der Waals surface area contributed by atoms with Gasteiger partial charge in [-0.25, -0.2) is 0 Å². The van der Waals surface area contributed by atoms with Crippen molar-refractivity contribution in [1.29, 1.82) is 0 Å². The zero-order valence-electron chi connectivity index (χ0n) is 11.3. The predicted octanol–water partition coefficient (Wildman–Crippen LogP) is 2.35. The Kier molecular flexibility index (Phi) is 4.37. The van der Waals surface area contributed by atoms with Gasteiger partial charge in [-0.05, 0) is 56.5 Å². The number of carbonyl (C=O) groups excluding carboxylic acids is 1. The summed E-state index contributed by atoms with van der Waals surface area (Å²) in [6.45, 7) is 4.15. The molecular formula is C15H22N2O. The summed E-state index contributed by atoms with van der Waals surface area (Å²) in [5, 5.41) is 3.33.